The molecule has 1 heterocycles. The van der Waals surface area contributed by atoms with Crippen LogP contribution in [0.15, 0.2) is 205 Å². The van der Waals surface area contributed by atoms with Gasteiger partial charge in [-0.25, -0.2) is 0 Å². The first-order chi connectivity index (χ1) is 27.8. The van der Waals surface area contributed by atoms with E-state index in [1.54, 1.807) is 0 Å². The number of fused-ring (bicyclic) bond motifs is 6. The van der Waals surface area contributed by atoms with Gasteiger partial charge < -0.3 is 9.64 Å². The Morgan fingerprint density at radius 1 is 0.518 bits per heavy atom. The average molecular weight is 718 g/mol. The maximum Gasteiger partial charge on any atom is 0.135 e. The number of ether oxygens (including phenoxy) is 1. The Morgan fingerprint density at radius 2 is 1.20 bits per heavy atom. The van der Waals surface area contributed by atoms with Gasteiger partial charge in [-0.05, 0) is 104 Å². The molecule has 0 N–H and O–H groups in total. The van der Waals surface area contributed by atoms with Crippen molar-refractivity contribution in [2.45, 2.75) is 24.8 Å². The third-order valence-electron chi connectivity index (χ3n) is 12.0. The van der Waals surface area contributed by atoms with Gasteiger partial charge >= 0.3 is 0 Å². The van der Waals surface area contributed by atoms with Crippen molar-refractivity contribution >= 4 is 39.0 Å². The first kappa shape index (κ1) is 32.5. The van der Waals surface area contributed by atoms with Crippen molar-refractivity contribution in [2.75, 3.05) is 4.90 Å². The zero-order valence-corrected chi connectivity index (χ0v) is 31.0. The zero-order valence-electron chi connectivity index (χ0n) is 31.0. The number of hydrogen-bond donors (Lipinski definition) is 0. The highest BCUT2D eigenvalue weighted by molar-refractivity contribution is 6.03. The number of para-hydroxylation sites is 1. The number of allylic oxidation sites excluding steroid dienone is 3. The van der Waals surface area contributed by atoms with E-state index in [2.05, 4.69) is 205 Å². The highest BCUT2D eigenvalue weighted by Gasteiger charge is 2.39. The van der Waals surface area contributed by atoms with Gasteiger partial charge in [-0.2, -0.15) is 0 Å². The van der Waals surface area contributed by atoms with Crippen LogP contribution in [0.2, 0.25) is 0 Å². The van der Waals surface area contributed by atoms with E-state index < -0.39 is 0 Å². The summed E-state index contributed by atoms with van der Waals surface area (Å²) < 4.78 is 6.85. The first-order valence-electron chi connectivity index (χ1n) is 19.7. The molecule has 0 radical (unpaired) electrons. The van der Waals surface area contributed by atoms with Gasteiger partial charge in [0, 0.05) is 28.1 Å². The molecule has 56 heavy (non-hydrogen) atoms. The lowest BCUT2D eigenvalue weighted by atomic mass is 9.82. The Bertz CT molecular complexity index is 2900. The first-order valence-corrected chi connectivity index (χ1v) is 19.7. The molecule has 0 saturated heterocycles. The second kappa shape index (κ2) is 13.4. The van der Waals surface area contributed by atoms with Crippen LogP contribution in [0.4, 0.5) is 11.4 Å². The van der Waals surface area contributed by atoms with Gasteiger partial charge in [-0.15, -0.1) is 0 Å². The maximum absolute atomic E-state index is 6.85. The highest BCUT2D eigenvalue weighted by atomic mass is 16.5. The molecule has 2 atom stereocenters. The molecular weight excluding hydrogens is 679 g/mol. The SMILES string of the molecule is C1=CC2c3ccc(-c4cccc5c(Oc6ccc(-c7ccccc7)c7ccccc67)cccc45)cc3N(c3ccccc3)C2C=C1C1=Cc2ccccc2CC1. The van der Waals surface area contributed by atoms with E-state index in [1.807, 2.05) is 0 Å². The molecule has 2 nitrogen and oxygen atoms in total. The summed E-state index contributed by atoms with van der Waals surface area (Å²) in [4.78, 5) is 2.56. The van der Waals surface area contributed by atoms with Crippen LogP contribution >= 0.6 is 0 Å². The third kappa shape index (κ3) is 5.48. The van der Waals surface area contributed by atoms with Gasteiger partial charge in [0.2, 0.25) is 0 Å². The third-order valence-corrected chi connectivity index (χ3v) is 12.0. The largest absolute Gasteiger partial charge is 0.456 e. The average Bonchev–Trinajstić information content (AvgIpc) is 3.60. The summed E-state index contributed by atoms with van der Waals surface area (Å²) in [5.74, 6) is 1.98. The summed E-state index contributed by atoms with van der Waals surface area (Å²) in [6.45, 7) is 0. The van der Waals surface area contributed by atoms with E-state index in [-0.39, 0.29) is 12.0 Å². The molecule has 0 bridgehead atoms. The molecule has 2 unspecified atom stereocenters. The number of aryl methyl sites for hydroxylation is 1. The van der Waals surface area contributed by atoms with Crippen molar-refractivity contribution < 1.29 is 4.74 Å². The van der Waals surface area contributed by atoms with Gasteiger partial charge in [-0.3, -0.25) is 0 Å². The molecule has 8 aromatic rings. The minimum Gasteiger partial charge on any atom is -0.456 e. The Kier molecular flexibility index (Phi) is 7.81. The predicted octanol–water partition coefficient (Wildman–Crippen LogP) is 14.2. The molecule has 2 aliphatic carbocycles. The fraction of sp³-hybridized carbons (Fsp3) is 0.0741. The number of rotatable bonds is 6. The molecule has 0 saturated carbocycles. The molecule has 11 rings (SSSR count). The quantitative estimate of drug-likeness (QED) is 0.170. The number of nitrogens with zero attached hydrogens (tertiary/aromatic N) is 1. The van der Waals surface area contributed by atoms with Crippen molar-refractivity contribution in [1.29, 1.82) is 0 Å². The van der Waals surface area contributed by atoms with E-state index in [0.717, 1.165) is 35.1 Å². The lowest BCUT2D eigenvalue weighted by molar-refractivity contribution is 0.494. The standard InChI is InChI=1S/C54H39NO/c1-3-14-37(15-4-1)44-31-32-54(49-20-10-9-19-45(44)49)56-53-24-12-22-46-43(21-11-23-50(46)53)41-28-30-48-47-29-27-40(39-26-25-36-13-7-8-16-38(36)33-39)34-51(47)55(52(48)35-41)42-17-5-2-6-18-42/h1-24,27-35,47,51H,25-26H2. The Morgan fingerprint density at radius 3 is 2.05 bits per heavy atom. The van der Waals surface area contributed by atoms with Crippen LogP contribution in [0.1, 0.15) is 29.0 Å². The minimum absolute atomic E-state index is 0.191. The van der Waals surface area contributed by atoms with Gasteiger partial charge in [-0.1, -0.05) is 170 Å². The summed E-state index contributed by atoms with van der Waals surface area (Å²) >= 11 is 0. The number of hydrogen-bond acceptors (Lipinski definition) is 2. The van der Waals surface area contributed by atoms with E-state index in [4.69, 9.17) is 4.74 Å². The molecule has 266 valence electrons. The Labute approximate surface area is 328 Å². The van der Waals surface area contributed by atoms with E-state index in [9.17, 15) is 0 Å². The molecule has 0 aromatic heterocycles. The normalized spacial score (nSPS) is 16.9. The van der Waals surface area contributed by atoms with Crippen LogP contribution in [-0.2, 0) is 6.42 Å². The summed E-state index contributed by atoms with van der Waals surface area (Å²) in [5.41, 5.74) is 14.2. The Balaban J connectivity index is 0.977. The van der Waals surface area contributed by atoms with Crippen molar-refractivity contribution in [2.24, 2.45) is 0 Å². The zero-order chi connectivity index (χ0) is 37.0. The lowest BCUT2D eigenvalue weighted by Crippen LogP contribution is -2.29. The van der Waals surface area contributed by atoms with Crippen LogP contribution in [0, 0.1) is 0 Å². The second-order valence-corrected chi connectivity index (χ2v) is 15.1. The van der Waals surface area contributed by atoms with Crippen LogP contribution in [0.25, 0.3) is 49.9 Å². The molecule has 1 aliphatic heterocycles. The van der Waals surface area contributed by atoms with Crippen LogP contribution in [0.3, 0.4) is 0 Å². The van der Waals surface area contributed by atoms with Crippen molar-refractivity contribution in [3.8, 4) is 33.8 Å². The van der Waals surface area contributed by atoms with Crippen LogP contribution in [-0.4, -0.2) is 6.04 Å². The topological polar surface area (TPSA) is 12.5 Å². The monoisotopic (exact) mass is 717 g/mol. The van der Waals surface area contributed by atoms with Crippen molar-refractivity contribution in [3.63, 3.8) is 0 Å². The number of benzene rings is 8. The van der Waals surface area contributed by atoms with Crippen molar-refractivity contribution in [1.82, 2.24) is 0 Å². The highest BCUT2D eigenvalue weighted by Crippen LogP contribution is 2.51. The van der Waals surface area contributed by atoms with Crippen LogP contribution < -0.4 is 9.64 Å². The smallest absolute Gasteiger partial charge is 0.135 e. The number of anilines is 2. The minimum atomic E-state index is 0.191. The van der Waals surface area contributed by atoms with Gasteiger partial charge in [0.25, 0.3) is 0 Å². The van der Waals surface area contributed by atoms with Gasteiger partial charge in [0.05, 0.1) is 6.04 Å². The fourth-order valence-electron chi connectivity index (χ4n) is 9.29. The molecular formula is C54H39NO. The fourth-order valence-corrected chi connectivity index (χ4v) is 9.29. The van der Waals surface area contributed by atoms with Gasteiger partial charge in [0.15, 0.2) is 0 Å². The van der Waals surface area contributed by atoms with Gasteiger partial charge in [0.1, 0.15) is 11.5 Å². The van der Waals surface area contributed by atoms with E-state index in [1.165, 1.54) is 72.2 Å². The molecule has 2 heteroatoms. The van der Waals surface area contributed by atoms with E-state index in [0.29, 0.717) is 0 Å². The molecule has 8 aromatic carbocycles. The van der Waals surface area contributed by atoms with Crippen LogP contribution in [0.5, 0.6) is 11.5 Å². The maximum atomic E-state index is 6.85. The summed E-state index contributed by atoms with van der Waals surface area (Å²) in [6, 6.07) is 63.5. The molecule has 0 spiro atoms. The lowest BCUT2D eigenvalue weighted by Gasteiger charge is -2.31. The molecule has 3 aliphatic rings. The molecule has 0 amide bonds. The second-order valence-electron chi connectivity index (χ2n) is 15.1. The Hall–Kier alpha value is -6.90. The predicted molar refractivity (Wildman–Crippen MR) is 234 cm³/mol. The summed E-state index contributed by atoms with van der Waals surface area (Å²) in [5, 5.41) is 4.53. The summed E-state index contributed by atoms with van der Waals surface area (Å²) in [6.07, 6.45) is 11.9. The molecule has 0 fully saturated rings. The summed E-state index contributed by atoms with van der Waals surface area (Å²) in [7, 11) is 0. The van der Waals surface area contributed by atoms with E-state index >= 15 is 0 Å². The van der Waals surface area contributed by atoms with Crippen molar-refractivity contribution in [3.05, 3.63) is 222 Å².